The van der Waals surface area contributed by atoms with Gasteiger partial charge in [-0.05, 0) is 42.9 Å². The van der Waals surface area contributed by atoms with Gasteiger partial charge in [0.15, 0.2) is 0 Å². The molecule has 3 heteroatoms. The summed E-state index contributed by atoms with van der Waals surface area (Å²) < 4.78 is 5.28. The van der Waals surface area contributed by atoms with Gasteiger partial charge in [0.2, 0.25) is 0 Å². The third kappa shape index (κ3) is 2.04. The summed E-state index contributed by atoms with van der Waals surface area (Å²) in [6, 6.07) is 2.05. The van der Waals surface area contributed by atoms with Crippen LogP contribution in [0, 0.1) is 0 Å². The lowest BCUT2D eigenvalue weighted by molar-refractivity contribution is 0.273. The van der Waals surface area contributed by atoms with Crippen LogP contribution >= 0.6 is 11.6 Å². The van der Waals surface area contributed by atoms with Crippen LogP contribution in [-0.4, -0.2) is 12.2 Å². The molecule has 2 nitrogen and oxygen atoms in total. The Morgan fingerprint density at radius 1 is 1.31 bits per heavy atom. The third-order valence-corrected chi connectivity index (χ3v) is 3.64. The molecule has 0 saturated carbocycles. The van der Waals surface area contributed by atoms with Gasteiger partial charge in [0.1, 0.15) is 5.75 Å². The maximum atomic E-state index is 9.31. The smallest absolute Gasteiger partial charge is 0.143 e. The first-order valence-corrected chi connectivity index (χ1v) is 6.13. The fourth-order valence-electron chi connectivity index (χ4n) is 2.41. The molecule has 1 aliphatic rings. The number of methoxy groups -OCH3 is 1. The van der Waals surface area contributed by atoms with E-state index in [4.69, 9.17) is 16.3 Å². The van der Waals surface area contributed by atoms with Gasteiger partial charge in [-0.15, -0.1) is 0 Å². The van der Waals surface area contributed by atoms with Crippen LogP contribution in [-0.2, 0) is 19.4 Å². The highest BCUT2D eigenvalue weighted by Gasteiger charge is 2.18. The predicted molar refractivity (Wildman–Crippen MR) is 65.2 cm³/mol. The van der Waals surface area contributed by atoms with E-state index in [2.05, 4.69) is 0 Å². The first kappa shape index (κ1) is 11.7. The average Bonchev–Trinajstić information content (AvgIpc) is 2.54. The molecule has 0 aliphatic heterocycles. The fraction of sp³-hybridized carbons (Fsp3) is 0.538. The topological polar surface area (TPSA) is 29.5 Å². The second-order valence-corrected chi connectivity index (χ2v) is 4.62. The summed E-state index contributed by atoms with van der Waals surface area (Å²) in [7, 11) is 1.60. The Hall–Kier alpha value is -0.730. The third-order valence-electron chi connectivity index (χ3n) is 3.24. The zero-order valence-electron chi connectivity index (χ0n) is 9.55. The van der Waals surface area contributed by atoms with Crippen molar-refractivity contribution in [1.82, 2.24) is 0 Å². The largest absolute Gasteiger partial charge is 0.495 e. The summed E-state index contributed by atoms with van der Waals surface area (Å²) in [5, 5.41) is 10.0. The van der Waals surface area contributed by atoms with E-state index < -0.39 is 0 Å². The Bertz CT molecular complexity index is 388. The van der Waals surface area contributed by atoms with E-state index in [1.54, 1.807) is 7.11 Å². The minimum absolute atomic E-state index is 0.0177. The minimum atomic E-state index is -0.0177. The second kappa shape index (κ2) is 5.07. The summed E-state index contributed by atoms with van der Waals surface area (Å²) in [5.74, 6) is 0.643. The molecule has 1 aromatic rings. The standard InChI is InChI=1S/C13H17ClO2/c1-16-13-10(8-15)7-9-5-3-2-4-6-11(9)12(13)14/h7,15H,2-6,8H2,1H3. The van der Waals surface area contributed by atoms with E-state index in [1.807, 2.05) is 6.07 Å². The van der Waals surface area contributed by atoms with Crippen LogP contribution in [0.3, 0.4) is 0 Å². The zero-order valence-corrected chi connectivity index (χ0v) is 10.3. The van der Waals surface area contributed by atoms with E-state index in [9.17, 15) is 5.11 Å². The molecule has 0 spiro atoms. The van der Waals surface area contributed by atoms with E-state index >= 15 is 0 Å². The van der Waals surface area contributed by atoms with Crippen molar-refractivity contribution in [2.24, 2.45) is 0 Å². The van der Waals surface area contributed by atoms with Crippen LogP contribution in [0.1, 0.15) is 36.0 Å². The minimum Gasteiger partial charge on any atom is -0.495 e. The summed E-state index contributed by atoms with van der Waals surface area (Å²) >= 11 is 6.35. The highest BCUT2D eigenvalue weighted by Crippen LogP contribution is 2.37. The molecule has 0 aromatic heterocycles. The molecule has 0 heterocycles. The molecule has 1 aliphatic carbocycles. The molecule has 0 atom stereocenters. The van der Waals surface area contributed by atoms with Gasteiger partial charge in [-0.25, -0.2) is 0 Å². The van der Waals surface area contributed by atoms with Crippen molar-refractivity contribution in [3.63, 3.8) is 0 Å². The lowest BCUT2D eigenvalue weighted by Gasteiger charge is -2.15. The van der Waals surface area contributed by atoms with Crippen molar-refractivity contribution in [2.75, 3.05) is 7.11 Å². The number of halogens is 1. The molecule has 2 rings (SSSR count). The lowest BCUT2D eigenvalue weighted by Crippen LogP contribution is -2.00. The SMILES string of the molecule is COc1c(CO)cc2c(c1Cl)CCCCC2. The lowest BCUT2D eigenvalue weighted by atomic mass is 9.99. The van der Waals surface area contributed by atoms with Crippen molar-refractivity contribution >= 4 is 11.6 Å². The van der Waals surface area contributed by atoms with Crippen molar-refractivity contribution in [3.8, 4) is 5.75 Å². The summed E-state index contributed by atoms with van der Waals surface area (Å²) in [5.41, 5.74) is 3.30. The van der Waals surface area contributed by atoms with Gasteiger partial charge >= 0.3 is 0 Å². The number of aryl methyl sites for hydroxylation is 1. The number of hydrogen-bond donors (Lipinski definition) is 1. The molecular weight excluding hydrogens is 224 g/mol. The molecule has 0 saturated heterocycles. The first-order chi connectivity index (χ1) is 7.77. The Balaban J connectivity index is 2.54. The number of ether oxygens (including phenoxy) is 1. The molecule has 0 fully saturated rings. The molecule has 0 radical (unpaired) electrons. The fourth-order valence-corrected chi connectivity index (χ4v) is 2.82. The molecule has 88 valence electrons. The Morgan fingerprint density at radius 3 is 2.75 bits per heavy atom. The molecule has 1 aromatic carbocycles. The molecule has 0 amide bonds. The first-order valence-electron chi connectivity index (χ1n) is 5.76. The van der Waals surface area contributed by atoms with Crippen molar-refractivity contribution in [1.29, 1.82) is 0 Å². The Kier molecular flexibility index (Phi) is 3.72. The van der Waals surface area contributed by atoms with Crippen molar-refractivity contribution < 1.29 is 9.84 Å². The number of fused-ring (bicyclic) bond motifs is 1. The Labute approximate surface area is 101 Å². The average molecular weight is 241 g/mol. The highest BCUT2D eigenvalue weighted by atomic mass is 35.5. The van der Waals surface area contributed by atoms with Crippen LogP contribution in [0.5, 0.6) is 5.75 Å². The maximum Gasteiger partial charge on any atom is 0.143 e. The molecule has 0 bridgehead atoms. The number of hydrogen-bond acceptors (Lipinski definition) is 2. The number of benzene rings is 1. The second-order valence-electron chi connectivity index (χ2n) is 4.24. The van der Waals surface area contributed by atoms with Crippen LogP contribution in [0.15, 0.2) is 6.07 Å². The number of aliphatic hydroxyl groups excluding tert-OH is 1. The normalized spacial score (nSPS) is 15.4. The van der Waals surface area contributed by atoms with Gasteiger partial charge in [0, 0.05) is 5.56 Å². The van der Waals surface area contributed by atoms with E-state index in [1.165, 1.54) is 30.4 Å². The molecular formula is C13H17ClO2. The highest BCUT2D eigenvalue weighted by molar-refractivity contribution is 6.33. The van der Waals surface area contributed by atoms with Gasteiger partial charge in [0.05, 0.1) is 18.7 Å². The van der Waals surface area contributed by atoms with Crippen LogP contribution < -0.4 is 4.74 Å². The van der Waals surface area contributed by atoms with Crippen LogP contribution in [0.25, 0.3) is 0 Å². The number of aliphatic hydroxyl groups is 1. The summed E-state index contributed by atoms with van der Waals surface area (Å²) in [6.45, 7) is -0.0177. The van der Waals surface area contributed by atoms with Gasteiger partial charge in [-0.3, -0.25) is 0 Å². The van der Waals surface area contributed by atoms with Gasteiger partial charge in [-0.2, -0.15) is 0 Å². The van der Waals surface area contributed by atoms with Gasteiger partial charge < -0.3 is 9.84 Å². The molecule has 16 heavy (non-hydrogen) atoms. The summed E-state index contributed by atoms with van der Waals surface area (Å²) in [4.78, 5) is 0. The predicted octanol–water partition coefficient (Wildman–Crippen LogP) is 3.11. The van der Waals surface area contributed by atoms with Gasteiger partial charge in [0.25, 0.3) is 0 Å². The monoisotopic (exact) mass is 240 g/mol. The quantitative estimate of drug-likeness (QED) is 0.805. The summed E-state index contributed by atoms with van der Waals surface area (Å²) in [6.07, 6.45) is 5.74. The van der Waals surface area contributed by atoms with Crippen molar-refractivity contribution in [2.45, 2.75) is 38.7 Å². The van der Waals surface area contributed by atoms with E-state index in [0.717, 1.165) is 18.4 Å². The van der Waals surface area contributed by atoms with E-state index in [-0.39, 0.29) is 6.61 Å². The van der Waals surface area contributed by atoms with E-state index in [0.29, 0.717) is 10.8 Å². The van der Waals surface area contributed by atoms with Gasteiger partial charge in [-0.1, -0.05) is 18.0 Å². The van der Waals surface area contributed by atoms with Crippen molar-refractivity contribution in [3.05, 3.63) is 27.8 Å². The maximum absolute atomic E-state index is 9.31. The van der Waals surface area contributed by atoms with Crippen LogP contribution in [0.2, 0.25) is 5.02 Å². The van der Waals surface area contributed by atoms with Crippen LogP contribution in [0.4, 0.5) is 0 Å². The number of rotatable bonds is 2. The zero-order chi connectivity index (χ0) is 11.5. The molecule has 0 unspecified atom stereocenters. The molecule has 1 N–H and O–H groups in total. The Morgan fingerprint density at radius 2 is 2.06 bits per heavy atom.